The monoisotopic (exact) mass is 305 g/mol. The van der Waals surface area contributed by atoms with E-state index < -0.39 is 0 Å². The lowest BCUT2D eigenvalue weighted by Gasteiger charge is -2.31. The number of aryl methyl sites for hydroxylation is 2. The molecule has 3 rings (SSSR count). The lowest BCUT2D eigenvalue weighted by molar-refractivity contribution is -0.0273. The number of carbonyl (C=O) groups excluding carboxylic acids is 1. The summed E-state index contributed by atoms with van der Waals surface area (Å²) in [4.78, 5) is 12.1. The van der Waals surface area contributed by atoms with E-state index in [2.05, 4.69) is 25.4 Å². The van der Waals surface area contributed by atoms with Crippen LogP contribution in [0.3, 0.4) is 0 Å². The highest BCUT2D eigenvalue weighted by atomic mass is 16.6. The number of hydrogen-bond donors (Lipinski definition) is 1. The maximum atomic E-state index is 12.1. The van der Waals surface area contributed by atoms with Crippen LogP contribution >= 0.6 is 0 Å². The molecule has 0 radical (unpaired) electrons. The Morgan fingerprint density at radius 1 is 1.50 bits per heavy atom. The molecule has 0 saturated carbocycles. The van der Waals surface area contributed by atoms with E-state index in [1.54, 1.807) is 11.6 Å². The molecule has 8 nitrogen and oxygen atoms in total. The normalized spacial score (nSPS) is 21.7. The van der Waals surface area contributed by atoms with E-state index in [4.69, 9.17) is 4.74 Å². The minimum Gasteiger partial charge on any atom is -0.373 e. The van der Waals surface area contributed by atoms with Crippen LogP contribution in [0.15, 0.2) is 17.0 Å². The third-order valence-corrected chi connectivity index (χ3v) is 3.89. The van der Waals surface area contributed by atoms with Gasteiger partial charge < -0.3 is 10.1 Å². The Hall–Kier alpha value is -2.22. The number of nitrogens with zero attached hydrogens (tertiary/aromatic N) is 4. The van der Waals surface area contributed by atoms with Crippen molar-refractivity contribution in [2.45, 2.75) is 25.9 Å². The van der Waals surface area contributed by atoms with Crippen molar-refractivity contribution in [2.24, 2.45) is 13.0 Å². The van der Waals surface area contributed by atoms with Gasteiger partial charge in [0.1, 0.15) is 5.69 Å². The van der Waals surface area contributed by atoms with Crippen molar-refractivity contribution in [1.29, 1.82) is 0 Å². The van der Waals surface area contributed by atoms with Gasteiger partial charge in [0.05, 0.1) is 12.3 Å². The Morgan fingerprint density at radius 2 is 2.36 bits per heavy atom. The summed E-state index contributed by atoms with van der Waals surface area (Å²) in [5.41, 5.74) is 1.76. The van der Waals surface area contributed by atoms with Gasteiger partial charge in [-0.3, -0.25) is 9.48 Å². The van der Waals surface area contributed by atoms with Crippen molar-refractivity contribution in [1.82, 2.24) is 25.4 Å². The van der Waals surface area contributed by atoms with Crippen LogP contribution in [-0.4, -0.2) is 39.2 Å². The fourth-order valence-corrected chi connectivity index (χ4v) is 2.75. The van der Waals surface area contributed by atoms with Crippen LogP contribution in [0.2, 0.25) is 0 Å². The predicted molar refractivity (Wildman–Crippen MR) is 76.0 cm³/mol. The molecule has 1 aliphatic heterocycles. The molecule has 2 atom stereocenters. The van der Waals surface area contributed by atoms with Gasteiger partial charge >= 0.3 is 0 Å². The average molecular weight is 305 g/mol. The molecule has 1 saturated heterocycles. The van der Waals surface area contributed by atoms with Gasteiger partial charge in [0, 0.05) is 37.9 Å². The number of nitrogens with one attached hydrogen (secondary N) is 1. The molecule has 1 aliphatic rings. The van der Waals surface area contributed by atoms with Crippen LogP contribution in [0.4, 0.5) is 0 Å². The van der Waals surface area contributed by atoms with Gasteiger partial charge in [0.15, 0.2) is 5.69 Å². The van der Waals surface area contributed by atoms with Crippen molar-refractivity contribution >= 4 is 5.91 Å². The Balaban J connectivity index is 1.65. The van der Waals surface area contributed by atoms with Crippen LogP contribution in [0, 0.1) is 12.8 Å². The smallest absolute Gasteiger partial charge is 0.275 e. The second-order valence-electron chi connectivity index (χ2n) is 5.55. The van der Waals surface area contributed by atoms with Crippen molar-refractivity contribution in [3.8, 4) is 0 Å². The largest absolute Gasteiger partial charge is 0.373 e. The summed E-state index contributed by atoms with van der Waals surface area (Å²) >= 11 is 0. The van der Waals surface area contributed by atoms with E-state index in [9.17, 15) is 4.79 Å². The first-order valence-electron chi connectivity index (χ1n) is 7.32. The Bertz CT molecular complexity index is 650. The second kappa shape index (κ2) is 6.27. The SMILES string of the molecule is Cc1nonc1C(=O)NC[C@@H]1CCCO[C@H]1c1cnn(C)c1. The van der Waals surface area contributed by atoms with Gasteiger partial charge in [0.2, 0.25) is 0 Å². The van der Waals surface area contributed by atoms with Gasteiger partial charge in [-0.1, -0.05) is 5.16 Å². The Labute approximate surface area is 127 Å². The van der Waals surface area contributed by atoms with Gasteiger partial charge in [-0.25, -0.2) is 4.63 Å². The fraction of sp³-hybridized carbons (Fsp3) is 0.571. The van der Waals surface area contributed by atoms with Crippen LogP contribution in [0.1, 0.15) is 40.7 Å². The highest BCUT2D eigenvalue weighted by Gasteiger charge is 2.29. The number of aromatic nitrogens is 4. The molecule has 1 amide bonds. The minimum atomic E-state index is -0.269. The molecule has 1 N–H and O–H groups in total. The molecule has 2 aromatic rings. The third-order valence-electron chi connectivity index (χ3n) is 3.89. The molecule has 0 bridgehead atoms. The molecule has 0 aliphatic carbocycles. The van der Waals surface area contributed by atoms with Crippen molar-refractivity contribution < 1.29 is 14.2 Å². The first kappa shape index (κ1) is 14.7. The van der Waals surface area contributed by atoms with Crippen LogP contribution in [0.25, 0.3) is 0 Å². The van der Waals surface area contributed by atoms with E-state index in [-0.39, 0.29) is 23.6 Å². The molecule has 22 heavy (non-hydrogen) atoms. The lowest BCUT2D eigenvalue weighted by atomic mass is 9.91. The summed E-state index contributed by atoms with van der Waals surface area (Å²) in [5.74, 6) is -0.0590. The van der Waals surface area contributed by atoms with E-state index in [0.717, 1.165) is 25.0 Å². The number of amides is 1. The number of carbonyl (C=O) groups is 1. The van der Waals surface area contributed by atoms with Crippen molar-refractivity contribution in [2.75, 3.05) is 13.2 Å². The zero-order chi connectivity index (χ0) is 15.5. The molecule has 118 valence electrons. The highest BCUT2D eigenvalue weighted by Crippen LogP contribution is 2.32. The molecule has 2 aromatic heterocycles. The summed E-state index contributed by atoms with van der Waals surface area (Å²) in [6.07, 6.45) is 5.71. The standard InChI is InChI=1S/C14H19N5O3/c1-9-12(18-22-17-9)14(20)15-6-10-4-3-5-21-13(10)11-7-16-19(2)8-11/h7-8,10,13H,3-6H2,1-2H3,(H,15,20)/t10-,13+/m0/s1. The zero-order valence-corrected chi connectivity index (χ0v) is 12.7. The first-order chi connectivity index (χ1) is 10.6. The van der Waals surface area contributed by atoms with Crippen LogP contribution in [-0.2, 0) is 11.8 Å². The summed E-state index contributed by atoms with van der Waals surface area (Å²) in [6, 6.07) is 0. The van der Waals surface area contributed by atoms with E-state index >= 15 is 0 Å². The van der Waals surface area contributed by atoms with Crippen molar-refractivity contribution in [3.63, 3.8) is 0 Å². The predicted octanol–water partition coefficient (Wildman–Crippen LogP) is 1.01. The first-order valence-corrected chi connectivity index (χ1v) is 7.32. The molecule has 0 unspecified atom stereocenters. The molecule has 1 fully saturated rings. The van der Waals surface area contributed by atoms with Crippen LogP contribution < -0.4 is 5.32 Å². The van der Waals surface area contributed by atoms with E-state index in [0.29, 0.717) is 12.2 Å². The summed E-state index contributed by atoms with van der Waals surface area (Å²) in [7, 11) is 1.88. The van der Waals surface area contributed by atoms with Crippen LogP contribution in [0.5, 0.6) is 0 Å². The highest BCUT2D eigenvalue weighted by molar-refractivity contribution is 5.92. The second-order valence-corrected chi connectivity index (χ2v) is 5.55. The zero-order valence-electron chi connectivity index (χ0n) is 12.7. The summed E-state index contributed by atoms with van der Waals surface area (Å²) in [6.45, 7) is 2.94. The third kappa shape index (κ3) is 3.01. The van der Waals surface area contributed by atoms with Gasteiger partial charge in [0.25, 0.3) is 5.91 Å². The topological polar surface area (TPSA) is 95.1 Å². The number of hydrogen-bond acceptors (Lipinski definition) is 6. The average Bonchev–Trinajstić information content (AvgIpc) is 3.13. The fourth-order valence-electron chi connectivity index (χ4n) is 2.75. The summed E-state index contributed by atoms with van der Waals surface area (Å²) in [5, 5.41) is 14.3. The van der Waals surface area contributed by atoms with Crippen molar-refractivity contribution in [3.05, 3.63) is 29.3 Å². The maximum Gasteiger partial charge on any atom is 0.275 e. The molecule has 3 heterocycles. The molecular weight excluding hydrogens is 286 g/mol. The summed E-state index contributed by atoms with van der Waals surface area (Å²) < 4.78 is 12.2. The van der Waals surface area contributed by atoms with Gasteiger partial charge in [-0.2, -0.15) is 5.10 Å². The number of ether oxygens (including phenoxy) is 1. The maximum absolute atomic E-state index is 12.1. The quantitative estimate of drug-likeness (QED) is 0.905. The van der Waals surface area contributed by atoms with E-state index in [1.807, 2.05) is 19.4 Å². The Kier molecular flexibility index (Phi) is 4.19. The van der Waals surface area contributed by atoms with E-state index in [1.165, 1.54) is 0 Å². The molecule has 0 aromatic carbocycles. The molecule has 8 heteroatoms. The van der Waals surface area contributed by atoms with Gasteiger partial charge in [-0.05, 0) is 24.9 Å². The molecule has 0 spiro atoms. The van der Waals surface area contributed by atoms with Gasteiger partial charge in [-0.15, -0.1) is 0 Å². The lowest BCUT2D eigenvalue weighted by Crippen LogP contribution is -2.35. The minimum absolute atomic E-state index is 0.0423. The Morgan fingerprint density at radius 3 is 3.05 bits per heavy atom. The number of rotatable bonds is 4. The molecular formula is C14H19N5O3.